The molecule has 3 heteroatoms. The molecule has 1 nitrogen and oxygen atoms in total. The Morgan fingerprint density at radius 1 is 1.06 bits per heavy atom. The summed E-state index contributed by atoms with van der Waals surface area (Å²) < 4.78 is 0. The highest BCUT2D eigenvalue weighted by molar-refractivity contribution is 7.99. The Morgan fingerprint density at radius 3 is 2.50 bits per heavy atom. The largest absolute Gasteiger partial charge is 0.506 e. The average molecular weight is 277 g/mol. The first-order valence-electron chi connectivity index (χ1n) is 5.59. The van der Waals surface area contributed by atoms with Gasteiger partial charge in [-0.25, -0.2) is 0 Å². The van der Waals surface area contributed by atoms with Crippen LogP contribution in [0.15, 0.2) is 58.3 Å². The molecule has 18 heavy (non-hydrogen) atoms. The molecule has 0 aliphatic rings. The van der Waals surface area contributed by atoms with Crippen molar-refractivity contribution in [2.24, 2.45) is 0 Å². The van der Waals surface area contributed by atoms with E-state index in [1.807, 2.05) is 61.5 Å². The number of aromatic hydroxyl groups is 1. The summed E-state index contributed by atoms with van der Waals surface area (Å²) >= 11 is 7.58. The maximum absolute atomic E-state index is 10.2. The molecule has 2 rings (SSSR count). The average Bonchev–Trinajstić information content (AvgIpc) is 2.37. The zero-order valence-corrected chi connectivity index (χ0v) is 11.5. The fourth-order valence-electron chi connectivity index (χ4n) is 1.58. The van der Waals surface area contributed by atoms with E-state index in [1.165, 1.54) is 11.8 Å². The lowest BCUT2D eigenvalue weighted by molar-refractivity contribution is 0.461. The van der Waals surface area contributed by atoms with E-state index in [2.05, 4.69) is 0 Å². The van der Waals surface area contributed by atoms with Crippen LogP contribution in [0.2, 0.25) is 5.02 Å². The molecule has 0 radical (unpaired) electrons. The number of hydrogen-bond acceptors (Lipinski definition) is 2. The first-order valence-corrected chi connectivity index (χ1v) is 6.79. The minimum absolute atomic E-state index is 0.292. The predicted octanol–water partition coefficient (Wildman–Crippen LogP) is 5.23. The number of para-hydroxylation sites is 1. The second-order valence-electron chi connectivity index (χ2n) is 3.73. The summed E-state index contributed by atoms with van der Waals surface area (Å²) in [7, 11) is 0. The van der Waals surface area contributed by atoms with E-state index in [0.29, 0.717) is 10.8 Å². The van der Waals surface area contributed by atoms with Crippen LogP contribution in [0.25, 0.3) is 6.08 Å². The van der Waals surface area contributed by atoms with Crippen molar-refractivity contribution in [1.82, 2.24) is 0 Å². The lowest BCUT2D eigenvalue weighted by atomic mass is 10.2. The second-order valence-corrected chi connectivity index (χ2v) is 5.22. The zero-order chi connectivity index (χ0) is 13.0. The van der Waals surface area contributed by atoms with E-state index < -0.39 is 0 Å². The predicted molar refractivity (Wildman–Crippen MR) is 78.4 cm³/mol. The molecule has 0 saturated carbocycles. The molecule has 0 heterocycles. The van der Waals surface area contributed by atoms with Crippen molar-refractivity contribution in [3.8, 4) is 5.75 Å². The Bertz CT molecular complexity index is 578. The van der Waals surface area contributed by atoms with Gasteiger partial charge in [0.25, 0.3) is 0 Å². The number of allylic oxidation sites excluding steroid dienone is 1. The van der Waals surface area contributed by atoms with Crippen LogP contribution in [0.5, 0.6) is 5.75 Å². The molecule has 0 atom stereocenters. The van der Waals surface area contributed by atoms with Crippen LogP contribution in [0.3, 0.4) is 0 Å². The van der Waals surface area contributed by atoms with Gasteiger partial charge in [0.2, 0.25) is 0 Å². The number of hydrogen-bond donors (Lipinski definition) is 1. The highest BCUT2D eigenvalue weighted by atomic mass is 35.5. The second kappa shape index (κ2) is 5.98. The van der Waals surface area contributed by atoms with Crippen molar-refractivity contribution < 1.29 is 5.11 Å². The summed E-state index contributed by atoms with van der Waals surface area (Å²) in [6.07, 6.45) is 3.78. The van der Waals surface area contributed by atoms with Crippen LogP contribution in [0.4, 0.5) is 0 Å². The first kappa shape index (κ1) is 13.1. The molecule has 0 fully saturated rings. The molecular weight excluding hydrogens is 264 g/mol. The zero-order valence-electron chi connectivity index (χ0n) is 9.93. The number of phenols is 1. The third kappa shape index (κ3) is 2.89. The van der Waals surface area contributed by atoms with Crippen LogP contribution in [-0.4, -0.2) is 5.11 Å². The number of phenolic OH excluding ortho intramolecular Hbond substituents is 1. The van der Waals surface area contributed by atoms with Gasteiger partial charge in [0.15, 0.2) is 0 Å². The van der Waals surface area contributed by atoms with E-state index in [0.717, 1.165) is 15.4 Å². The summed E-state index contributed by atoms with van der Waals surface area (Å²) in [6, 6.07) is 13.3. The third-order valence-corrected chi connectivity index (χ3v) is 4.00. The first-order chi connectivity index (χ1) is 8.72. The summed E-state index contributed by atoms with van der Waals surface area (Å²) in [5.41, 5.74) is 0.814. The normalized spacial score (nSPS) is 11.0. The fourth-order valence-corrected chi connectivity index (χ4v) is 2.74. The molecule has 0 unspecified atom stereocenters. The monoisotopic (exact) mass is 276 g/mol. The Hall–Kier alpha value is -1.38. The number of rotatable bonds is 3. The van der Waals surface area contributed by atoms with Crippen LogP contribution in [0.1, 0.15) is 12.5 Å². The van der Waals surface area contributed by atoms with Crippen molar-refractivity contribution in [3.63, 3.8) is 0 Å². The minimum Gasteiger partial charge on any atom is -0.506 e. The summed E-state index contributed by atoms with van der Waals surface area (Å²) in [6.45, 7) is 1.92. The molecule has 0 aromatic heterocycles. The van der Waals surface area contributed by atoms with Crippen LogP contribution in [0, 0.1) is 0 Å². The molecule has 0 aliphatic heterocycles. The van der Waals surface area contributed by atoms with Crippen molar-refractivity contribution in [3.05, 3.63) is 59.1 Å². The van der Waals surface area contributed by atoms with Gasteiger partial charge >= 0.3 is 0 Å². The summed E-state index contributed by atoms with van der Waals surface area (Å²) in [5.74, 6) is 0.292. The molecule has 0 saturated heterocycles. The molecule has 2 aromatic rings. The molecule has 0 aliphatic carbocycles. The van der Waals surface area contributed by atoms with E-state index in [1.54, 1.807) is 0 Å². The Morgan fingerprint density at radius 2 is 1.78 bits per heavy atom. The van der Waals surface area contributed by atoms with Gasteiger partial charge in [0, 0.05) is 10.5 Å². The Kier molecular flexibility index (Phi) is 4.34. The smallest absolute Gasteiger partial charge is 0.136 e. The Balaban J connectivity index is 2.35. The molecule has 1 N–H and O–H groups in total. The van der Waals surface area contributed by atoms with Crippen molar-refractivity contribution in [2.75, 3.05) is 0 Å². The van der Waals surface area contributed by atoms with Crippen LogP contribution in [-0.2, 0) is 0 Å². The topological polar surface area (TPSA) is 20.2 Å². The van der Waals surface area contributed by atoms with Gasteiger partial charge in [-0.15, -0.1) is 0 Å². The summed E-state index contributed by atoms with van der Waals surface area (Å²) in [5, 5.41) is 10.8. The third-order valence-electron chi connectivity index (χ3n) is 2.43. The quantitative estimate of drug-likeness (QED) is 0.828. The lowest BCUT2D eigenvalue weighted by Gasteiger charge is -2.08. The highest BCUT2D eigenvalue weighted by Gasteiger charge is 2.08. The lowest BCUT2D eigenvalue weighted by Crippen LogP contribution is -1.80. The molecular formula is C15H13ClOS. The van der Waals surface area contributed by atoms with E-state index in [9.17, 15) is 5.11 Å². The number of halogens is 1. The molecule has 0 spiro atoms. The van der Waals surface area contributed by atoms with Crippen LogP contribution >= 0.6 is 23.4 Å². The van der Waals surface area contributed by atoms with Gasteiger partial charge in [-0.2, -0.15) is 0 Å². The van der Waals surface area contributed by atoms with Crippen molar-refractivity contribution in [1.29, 1.82) is 0 Å². The maximum Gasteiger partial charge on any atom is 0.136 e. The van der Waals surface area contributed by atoms with E-state index in [4.69, 9.17) is 11.6 Å². The van der Waals surface area contributed by atoms with Crippen LogP contribution < -0.4 is 0 Å². The van der Waals surface area contributed by atoms with Gasteiger partial charge in [0.05, 0.1) is 9.92 Å². The van der Waals surface area contributed by atoms with Gasteiger partial charge in [-0.3, -0.25) is 0 Å². The van der Waals surface area contributed by atoms with E-state index in [-0.39, 0.29) is 0 Å². The molecule has 92 valence electrons. The van der Waals surface area contributed by atoms with Gasteiger partial charge in [-0.1, -0.05) is 59.8 Å². The maximum atomic E-state index is 10.2. The van der Waals surface area contributed by atoms with E-state index >= 15 is 0 Å². The number of benzene rings is 2. The molecule has 0 amide bonds. The SMILES string of the molecule is C/C=C\c1cccc(Sc2ccccc2Cl)c1O. The van der Waals surface area contributed by atoms with Crippen molar-refractivity contribution in [2.45, 2.75) is 16.7 Å². The van der Waals surface area contributed by atoms with Crippen molar-refractivity contribution >= 4 is 29.4 Å². The highest BCUT2D eigenvalue weighted by Crippen LogP contribution is 2.39. The Labute approximate surface area is 116 Å². The van der Waals surface area contributed by atoms with Gasteiger partial charge in [-0.05, 0) is 25.1 Å². The fraction of sp³-hybridized carbons (Fsp3) is 0.0667. The molecule has 2 aromatic carbocycles. The molecule has 0 bridgehead atoms. The van der Waals surface area contributed by atoms with Gasteiger partial charge < -0.3 is 5.11 Å². The standard InChI is InChI=1S/C15H13ClOS/c1-2-6-11-7-5-10-14(15(11)17)18-13-9-4-3-8-12(13)16/h2-10,17H,1H3/b6-2-. The van der Waals surface area contributed by atoms with Gasteiger partial charge in [0.1, 0.15) is 5.75 Å². The summed E-state index contributed by atoms with van der Waals surface area (Å²) in [4.78, 5) is 1.74. The minimum atomic E-state index is 0.292.